The summed E-state index contributed by atoms with van der Waals surface area (Å²) < 4.78 is 11.1. The predicted molar refractivity (Wildman–Crippen MR) is 33.7 cm³/mol. The number of aliphatic hydroxyl groups excluding tert-OH is 1. The van der Waals surface area contributed by atoms with Crippen molar-refractivity contribution in [3.05, 3.63) is 0 Å². The van der Waals surface area contributed by atoms with Gasteiger partial charge < -0.3 is 9.67 Å². The monoisotopic (exact) mass is 134 g/mol. The molecule has 1 saturated heterocycles. The quantitative estimate of drug-likeness (QED) is 0.545. The maximum atomic E-state index is 11.1. The van der Waals surface area contributed by atoms with Crippen molar-refractivity contribution < 1.29 is 9.67 Å². The fourth-order valence-corrected chi connectivity index (χ4v) is 3.16. The van der Waals surface area contributed by atoms with Crippen molar-refractivity contribution in [3.63, 3.8) is 0 Å². The van der Waals surface area contributed by atoms with Gasteiger partial charge in [-0.05, 0) is 12.8 Å². The van der Waals surface area contributed by atoms with Gasteiger partial charge in [0.25, 0.3) is 0 Å². The van der Waals surface area contributed by atoms with Gasteiger partial charge in [0.05, 0.1) is 6.35 Å². The first kappa shape index (κ1) is 6.31. The first-order valence-electron chi connectivity index (χ1n) is 2.95. The van der Waals surface area contributed by atoms with Gasteiger partial charge in [-0.15, -0.1) is 0 Å². The van der Waals surface area contributed by atoms with E-state index in [2.05, 4.69) is 0 Å². The minimum atomic E-state index is -2.00. The summed E-state index contributed by atoms with van der Waals surface area (Å²) >= 11 is 0. The predicted octanol–water partition coefficient (Wildman–Crippen LogP) is 1.09. The first-order chi connectivity index (χ1) is 3.77. The molecule has 2 nitrogen and oxygen atoms in total. The van der Waals surface area contributed by atoms with Crippen molar-refractivity contribution in [2.75, 3.05) is 18.7 Å². The van der Waals surface area contributed by atoms with Crippen LogP contribution in [0.4, 0.5) is 0 Å². The number of rotatable bonds is 1. The highest BCUT2D eigenvalue weighted by Crippen LogP contribution is 2.50. The Kier molecular flexibility index (Phi) is 1.74. The molecule has 0 atom stereocenters. The van der Waals surface area contributed by atoms with Crippen molar-refractivity contribution in [1.82, 2.24) is 0 Å². The van der Waals surface area contributed by atoms with Crippen LogP contribution >= 0.6 is 7.14 Å². The Morgan fingerprint density at radius 3 is 2.12 bits per heavy atom. The molecular weight excluding hydrogens is 123 g/mol. The molecule has 0 unspecified atom stereocenters. The lowest BCUT2D eigenvalue weighted by Gasteiger charge is -2.02. The zero-order valence-corrected chi connectivity index (χ0v) is 5.73. The highest BCUT2D eigenvalue weighted by molar-refractivity contribution is 7.64. The summed E-state index contributed by atoms with van der Waals surface area (Å²) in [5.41, 5.74) is 0. The van der Waals surface area contributed by atoms with Crippen LogP contribution in [0.3, 0.4) is 0 Å². The molecule has 0 aromatic carbocycles. The SMILES string of the molecule is O=P1(CO)CCCC1. The molecule has 0 saturated carbocycles. The fraction of sp³-hybridized carbons (Fsp3) is 1.00. The summed E-state index contributed by atoms with van der Waals surface area (Å²) in [5, 5.41) is 8.56. The number of aliphatic hydroxyl groups is 1. The topological polar surface area (TPSA) is 37.3 Å². The van der Waals surface area contributed by atoms with E-state index >= 15 is 0 Å². The van der Waals surface area contributed by atoms with E-state index in [4.69, 9.17) is 5.11 Å². The highest BCUT2D eigenvalue weighted by Gasteiger charge is 2.25. The minimum absolute atomic E-state index is 0.0625. The summed E-state index contributed by atoms with van der Waals surface area (Å²) in [7, 11) is -2.00. The van der Waals surface area contributed by atoms with Gasteiger partial charge in [-0.1, -0.05) is 0 Å². The molecule has 1 aliphatic rings. The van der Waals surface area contributed by atoms with Crippen LogP contribution in [0.2, 0.25) is 0 Å². The molecule has 0 aromatic heterocycles. The average Bonchev–Trinajstić information content (AvgIpc) is 2.17. The van der Waals surface area contributed by atoms with E-state index < -0.39 is 7.14 Å². The summed E-state index contributed by atoms with van der Waals surface area (Å²) in [6.45, 7) is 0. The molecule has 1 rings (SSSR count). The molecule has 8 heavy (non-hydrogen) atoms. The van der Waals surface area contributed by atoms with Gasteiger partial charge in [0, 0.05) is 12.3 Å². The Balaban J connectivity index is 2.53. The van der Waals surface area contributed by atoms with Crippen molar-refractivity contribution in [3.8, 4) is 0 Å². The number of hydrogen-bond acceptors (Lipinski definition) is 2. The minimum Gasteiger partial charge on any atom is -0.389 e. The van der Waals surface area contributed by atoms with Crippen LogP contribution < -0.4 is 0 Å². The molecule has 0 amide bonds. The van der Waals surface area contributed by atoms with Gasteiger partial charge in [0.15, 0.2) is 0 Å². The summed E-state index contributed by atoms with van der Waals surface area (Å²) in [6, 6.07) is 0. The molecular formula is C5H11O2P. The van der Waals surface area contributed by atoms with E-state index in [1.54, 1.807) is 0 Å². The largest absolute Gasteiger partial charge is 0.389 e. The standard InChI is InChI=1S/C5H11O2P/c6-5-8(7)3-1-2-4-8/h6H,1-5H2. The summed E-state index contributed by atoms with van der Waals surface area (Å²) in [6.07, 6.45) is 3.61. The van der Waals surface area contributed by atoms with Gasteiger partial charge in [-0.2, -0.15) is 0 Å². The second kappa shape index (κ2) is 2.20. The molecule has 0 aliphatic carbocycles. The molecule has 0 aromatic rings. The van der Waals surface area contributed by atoms with Gasteiger partial charge in [-0.3, -0.25) is 0 Å². The maximum absolute atomic E-state index is 11.1. The van der Waals surface area contributed by atoms with E-state index in [0.29, 0.717) is 0 Å². The van der Waals surface area contributed by atoms with E-state index in [1.165, 1.54) is 0 Å². The molecule has 1 N–H and O–H groups in total. The molecule has 1 heterocycles. The second-order valence-corrected chi connectivity index (χ2v) is 5.65. The van der Waals surface area contributed by atoms with E-state index in [0.717, 1.165) is 25.2 Å². The molecule has 48 valence electrons. The smallest absolute Gasteiger partial charge is 0.112 e. The van der Waals surface area contributed by atoms with Crippen molar-refractivity contribution in [1.29, 1.82) is 0 Å². The van der Waals surface area contributed by atoms with Gasteiger partial charge in [-0.25, -0.2) is 0 Å². The average molecular weight is 134 g/mol. The van der Waals surface area contributed by atoms with E-state index in [1.807, 2.05) is 0 Å². The summed E-state index contributed by atoms with van der Waals surface area (Å²) in [5.74, 6) is 0. The van der Waals surface area contributed by atoms with Crippen LogP contribution in [0.25, 0.3) is 0 Å². The molecule has 1 fully saturated rings. The van der Waals surface area contributed by atoms with Crippen LogP contribution in [0.1, 0.15) is 12.8 Å². The lowest BCUT2D eigenvalue weighted by Crippen LogP contribution is -1.87. The van der Waals surface area contributed by atoms with E-state index in [9.17, 15) is 4.57 Å². The molecule has 3 heteroatoms. The van der Waals surface area contributed by atoms with Crippen molar-refractivity contribution in [2.24, 2.45) is 0 Å². The van der Waals surface area contributed by atoms with Crippen molar-refractivity contribution >= 4 is 7.14 Å². The molecule has 1 aliphatic heterocycles. The third-order valence-electron chi connectivity index (χ3n) is 1.64. The lowest BCUT2D eigenvalue weighted by atomic mass is 10.4. The Bertz CT molecular complexity index is 112. The van der Waals surface area contributed by atoms with Gasteiger partial charge >= 0.3 is 0 Å². The van der Waals surface area contributed by atoms with Gasteiger partial charge in [0.2, 0.25) is 0 Å². The maximum Gasteiger partial charge on any atom is 0.112 e. The Labute approximate surface area is 49.3 Å². The third-order valence-corrected chi connectivity index (χ3v) is 4.42. The van der Waals surface area contributed by atoms with E-state index in [-0.39, 0.29) is 6.35 Å². The second-order valence-electron chi connectivity index (χ2n) is 2.35. The Hall–Kier alpha value is 0.190. The normalized spacial score (nSPS) is 26.1. The fourth-order valence-electron chi connectivity index (χ4n) is 1.05. The zero-order valence-electron chi connectivity index (χ0n) is 4.84. The highest BCUT2D eigenvalue weighted by atomic mass is 31.2. The zero-order chi connectivity index (χ0) is 6.04. The molecule has 0 bridgehead atoms. The third kappa shape index (κ3) is 1.12. The number of hydrogen-bond donors (Lipinski definition) is 1. The van der Waals surface area contributed by atoms with Crippen LogP contribution in [-0.4, -0.2) is 23.8 Å². The Morgan fingerprint density at radius 1 is 1.38 bits per heavy atom. The van der Waals surface area contributed by atoms with Crippen LogP contribution in [-0.2, 0) is 4.57 Å². The molecule has 0 spiro atoms. The van der Waals surface area contributed by atoms with Gasteiger partial charge in [0.1, 0.15) is 7.14 Å². The lowest BCUT2D eigenvalue weighted by molar-refractivity contribution is 0.358. The molecule has 0 radical (unpaired) electrons. The van der Waals surface area contributed by atoms with Crippen molar-refractivity contribution in [2.45, 2.75) is 12.8 Å². The van der Waals surface area contributed by atoms with Crippen LogP contribution in [0, 0.1) is 0 Å². The van der Waals surface area contributed by atoms with Crippen LogP contribution in [0.5, 0.6) is 0 Å². The first-order valence-corrected chi connectivity index (χ1v) is 5.21. The summed E-state index contributed by atoms with van der Waals surface area (Å²) in [4.78, 5) is 0. The van der Waals surface area contributed by atoms with Crippen LogP contribution in [0.15, 0.2) is 0 Å². The Morgan fingerprint density at radius 2 is 1.88 bits per heavy atom.